The molecular formula is C23H25F3N2O6S. The van der Waals surface area contributed by atoms with Crippen LogP contribution in [-0.4, -0.2) is 43.7 Å². The average Bonchev–Trinajstić information content (AvgIpc) is 3.19. The molecular weight excluding hydrogens is 489 g/mol. The van der Waals surface area contributed by atoms with Gasteiger partial charge in [-0.25, -0.2) is 13.9 Å². The molecule has 8 nitrogen and oxygen atoms in total. The molecule has 1 unspecified atom stereocenters. The summed E-state index contributed by atoms with van der Waals surface area (Å²) in [5.41, 5.74) is 1.27. The number of piperidine rings is 1. The molecule has 35 heavy (non-hydrogen) atoms. The number of ether oxygens (including phenoxy) is 2. The number of carbonyl (C=O) groups is 1. The zero-order valence-corrected chi connectivity index (χ0v) is 19.4. The van der Waals surface area contributed by atoms with Crippen LogP contribution in [0.15, 0.2) is 53.4 Å². The molecule has 3 N–H and O–H groups in total. The number of alkyl halides is 3. The van der Waals surface area contributed by atoms with Crippen LogP contribution in [0.3, 0.4) is 0 Å². The third kappa shape index (κ3) is 5.09. The fourth-order valence-electron chi connectivity index (χ4n) is 5.06. The molecule has 12 heteroatoms. The Morgan fingerprint density at radius 3 is 2.26 bits per heavy atom. The van der Waals surface area contributed by atoms with Crippen molar-refractivity contribution >= 4 is 15.7 Å². The number of amides is 1. The molecule has 2 aromatic rings. The lowest BCUT2D eigenvalue weighted by Crippen LogP contribution is -2.51. The van der Waals surface area contributed by atoms with Crippen LogP contribution in [0.5, 0.6) is 17.2 Å². The van der Waals surface area contributed by atoms with Gasteiger partial charge in [0.15, 0.2) is 14.6 Å². The van der Waals surface area contributed by atoms with E-state index in [4.69, 9.17) is 4.74 Å². The van der Waals surface area contributed by atoms with Crippen LogP contribution in [0.1, 0.15) is 32.1 Å². The van der Waals surface area contributed by atoms with Crippen LogP contribution >= 0.6 is 0 Å². The summed E-state index contributed by atoms with van der Waals surface area (Å²) in [6.07, 6.45) is -2.61. The minimum atomic E-state index is -4.85. The first kappa shape index (κ1) is 25.3. The number of carbonyl (C=O) groups excluding carboxylic acids is 1. The topological polar surface area (TPSA) is 114 Å². The van der Waals surface area contributed by atoms with E-state index in [1.165, 1.54) is 36.4 Å². The van der Waals surface area contributed by atoms with Crippen molar-refractivity contribution in [1.82, 2.24) is 10.8 Å². The monoisotopic (exact) mass is 514 g/mol. The maximum atomic E-state index is 13.7. The van der Waals surface area contributed by atoms with E-state index in [2.05, 4.69) is 10.1 Å². The fraction of sp³-hybridized carbons (Fsp3) is 0.435. The summed E-state index contributed by atoms with van der Waals surface area (Å²) in [5, 5.41) is 12.6. The van der Waals surface area contributed by atoms with E-state index < -0.39 is 32.6 Å². The quantitative estimate of drug-likeness (QED) is 0.395. The van der Waals surface area contributed by atoms with Gasteiger partial charge in [0.25, 0.3) is 5.91 Å². The third-order valence-electron chi connectivity index (χ3n) is 6.82. The molecule has 0 bridgehead atoms. The molecule has 1 heterocycles. The highest BCUT2D eigenvalue weighted by atomic mass is 32.2. The fourth-order valence-corrected chi connectivity index (χ4v) is 7.17. The van der Waals surface area contributed by atoms with E-state index in [0.717, 1.165) is 38.1 Å². The molecule has 1 saturated heterocycles. The normalized spacial score (nSPS) is 22.1. The van der Waals surface area contributed by atoms with E-state index in [9.17, 15) is 31.6 Å². The average molecular weight is 515 g/mol. The van der Waals surface area contributed by atoms with Gasteiger partial charge in [0, 0.05) is 6.07 Å². The molecule has 1 aliphatic carbocycles. The number of rotatable bonds is 6. The minimum absolute atomic E-state index is 0.0575. The van der Waals surface area contributed by atoms with Crippen LogP contribution < -0.4 is 20.3 Å². The largest absolute Gasteiger partial charge is 0.573 e. The van der Waals surface area contributed by atoms with Gasteiger partial charge in [-0.3, -0.25) is 10.0 Å². The van der Waals surface area contributed by atoms with Gasteiger partial charge in [-0.05, 0) is 87.0 Å². The molecule has 2 fully saturated rings. The predicted molar refractivity (Wildman–Crippen MR) is 118 cm³/mol. The van der Waals surface area contributed by atoms with Gasteiger partial charge in [0.05, 0.1) is 4.90 Å². The van der Waals surface area contributed by atoms with Crippen molar-refractivity contribution in [3.63, 3.8) is 0 Å². The molecule has 2 aromatic carbocycles. The van der Waals surface area contributed by atoms with Crippen molar-refractivity contribution in [2.24, 2.45) is 5.41 Å². The van der Waals surface area contributed by atoms with Crippen LogP contribution in [0.25, 0.3) is 0 Å². The molecule has 1 amide bonds. The smallest absolute Gasteiger partial charge is 0.457 e. The minimum Gasteiger partial charge on any atom is -0.457 e. The second kappa shape index (κ2) is 9.32. The van der Waals surface area contributed by atoms with Crippen molar-refractivity contribution in [2.45, 2.75) is 48.1 Å². The number of hydrogen-bond acceptors (Lipinski definition) is 7. The lowest BCUT2D eigenvalue weighted by molar-refractivity contribution is -0.274. The molecule has 1 saturated carbocycles. The van der Waals surface area contributed by atoms with Crippen LogP contribution in [0, 0.1) is 5.41 Å². The lowest BCUT2D eigenvalue weighted by Gasteiger charge is -2.36. The third-order valence-corrected chi connectivity index (χ3v) is 9.28. The Kier molecular flexibility index (Phi) is 6.73. The van der Waals surface area contributed by atoms with E-state index in [1.807, 2.05) is 0 Å². The molecule has 1 atom stereocenters. The second-order valence-corrected chi connectivity index (χ2v) is 11.2. The van der Waals surface area contributed by atoms with Gasteiger partial charge in [-0.15, -0.1) is 13.2 Å². The highest BCUT2D eigenvalue weighted by Gasteiger charge is 2.60. The van der Waals surface area contributed by atoms with Gasteiger partial charge in [-0.1, -0.05) is 6.07 Å². The maximum Gasteiger partial charge on any atom is 0.573 e. The number of nitrogens with one attached hydrogen (secondary N) is 2. The Bertz CT molecular complexity index is 1180. The molecule has 0 radical (unpaired) electrons. The van der Waals surface area contributed by atoms with E-state index in [0.29, 0.717) is 6.42 Å². The number of hydroxylamine groups is 1. The SMILES string of the molecule is O=C(NO)C1(S(=O)(=O)c2ccc(Oc3cccc(OC(F)(F)F)c3)cc2)CCC2(CCNCC2)C1. The number of hydrogen-bond donors (Lipinski definition) is 3. The van der Waals surface area contributed by atoms with Gasteiger partial charge in [0.1, 0.15) is 17.2 Å². The summed E-state index contributed by atoms with van der Waals surface area (Å²) in [4.78, 5) is 12.6. The van der Waals surface area contributed by atoms with Gasteiger partial charge < -0.3 is 14.8 Å². The van der Waals surface area contributed by atoms with E-state index >= 15 is 0 Å². The molecule has 1 spiro atoms. The Hall–Kier alpha value is -2.83. The van der Waals surface area contributed by atoms with Gasteiger partial charge in [-0.2, -0.15) is 0 Å². The second-order valence-electron chi connectivity index (χ2n) is 8.96. The van der Waals surface area contributed by atoms with Crippen LogP contribution in [0.2, 0.25) is 0 Å². The zero-order chi connectivity index (χ0) is 25.3. The highest BCUT2D eigenvalue weighted by Crippen LogP contribution is 2.54. The molecule has 190 valence electrons. The summed E-state index contributed by atoms with van der Waals surface area (Å²) in [7, 11) is -4.20. The van der Waals surface area contributed by atoms with Gasteiger partial charge >= 0.3 is 6.36 Å². The van der Waals surface area contributed by atoms with Crippen molar-refractivity contribution in [3.05, 3.63) is 48.5 Å². The Morgan fingerprint density at radius 2 is 1.63 bits per heavy atom. The van der Waals surface area contributed by atoms with E-state index in [-0.39, 0.29) is 34.7 Å². The Labute approximate surface area is 200 Å². The van der Waals surface area contributed by atoms with Gasteiger partial charge in [0.2, 0.25) is 0 Å². The van der Waals surface area contributed by atoms with Crippen molar-refractivity contribution in [2.75, 3.05) is 13.1 Å². The molecule has 0 aromatic heterocycles. The zero-order valence-electron chi connectivity index (χ0n) is 18.6. The summed E-state index contributed by atoms with van der Waals surface area (Å²) in [5.74, 6) is -1.17. The predicted octanol–water partition coefficient (Wildman–Crippen LogP) is 3.95. The summed E-state index contributed by atoms with van der Waals surface area (Å²) in [6, 6.07) is 10.2. The number of sulfone groups is 1. The number of halogens is 3. The van der Waals surface area contributed by atoms with Crippen LogP contribution in [-0.2, 0) is 14.6 Å². The van der Waals surface area contributed by atoms with Crippen molar-refractivity contribution in [3.8, 4) is 17.2 Å². The first-order valence-corrected chi connectivity index (χ1v) is 12.5. The van der Waals surface area contributed by atoms with Crippen molar-refractivity contribution in [1.29, 1.82) is 0 Å². The lowest BCUT2D eigenvalue weighted by atomic mass is 9.77. The summed E-state index contributed by atoms with van der Waals surface area (Å²) >= 11 is 0. The standard InChI is InChI=1S/C23H25F3N2O6S/c24-23(25,26)34-18-3-1-2-17(14-18)33-16-4-6-19(7-5-16)35(31,32)22(20(29)28-30)9-8-21(15-22)10-12-27-13-11-21/h1-7,14,27,30H,8-13,15H2,(H,28,29). The summed E-state index contributed by atoms with van der Waals surface area (Å²) < 4.78 is 72.3. The first-order valence-electron chi connectivity index (χ1n) is 11.0. The van der Waals surface area contributed by atoms with Crippen LogP contribution in [0.4, 0.5) is 13.2 Å². The Balaban J connectivity index is 1.57. The Morgan fingerprint density at radius 1 is 0.971 bits per heavy atom. The van der Waals surface area contributed by atoms with E-state index in [1.54, 1.807) is 5.48 Å². The number of benzene rings is 2. The molecule has 4 rings (SSSR count). The van der Waals surface area contributed by atoms with Crippen molar-refractivity contribution < 1.29 is 41.1 Å². The molecule has 2 aliphatic rings. The maximum absolute atomic E-state index is 13.7. The summed E-state index contributed by atoms with van der Waals surface area (Å²) in [6.45, 7) is 1.47. The first-order chi connectivity index (χ1) is 16.5. The highest BCUT2D eigenvalue weighted by molar-refractivity contribution is 7.93. The molecule has 1 aliphatic heterocycles.